The van der Waals surface area contributed by atoms with E-state index in [0.717, 1.165) is 5.56 Å². The van der Waals surface area contributed by atoms with Crippen molar-refractivity contribution in [2.45, 2.75) is 6.92 Å². The van der Waals surface area contributed by atoms with Gasteiger partial charge in [-0.1, -0.05) is 36.4 Å². The summed E-state index contributed by atoms with van der Waals surface area (Å²) in [7, 11) is 0. The molecule has 0 aliphatic heterocycles. The lowest BCUT2D eigenvalue weighted by atomic mass is 10.1. The molecule has 0 fully saturated rings. The Kier molecular flexibility index (Phi) is 3.96. The van der Waals surface area contributed by atoms with Gasteiger partial charge in [0.25, 0.3) is 5.89 Å². The Balaban J connectivity index is 1.79. The molecule has 26 heavy (non-hydrogen) atoms. The zero-order valence-electron chi connectivity index (χ0n) is 13.9. The van der Waals surface area contributed by atoms with Crippen LogP contribution in [0, 0.1) is 18.3 Å². The predicted octanol–water partition coefficient (Wildman–Crippen LogP) is 4.04. The molecule has 0 saturated heterocycles. The van der Waals surface area contributed by atoms with Gasteiger partial charge in [0.05, 0.1) is 29.2 Å². The number of aryl methyl sites for hydroxylation is 1. The fraction of sp³-hybridized carbons (Fsp3) is 0.0500. The second-order valence-corrected chi connectivity index (χ2v) is 5.63. The van der Waals surface area contributed by atoms with Gasteiger partial charge in [-0.15, -0.1) is 10.2 Å². The molecular weight excluding hydrogens is 326 g/mol. The summed E-state index contributed by atoms with van der Waals surface area (Å²) in [5, 5.41) is 17.5. The van der Waals surface area contributed by atoms with Gasteiger partial charge < -0.3 is 4.42 Å². The molecule has 2 heterocycles. The molecule has 0 bridgehead atoms. The van der Waals surface area contributed by atoms with E-state index < -0.39 is 0 Å². The van der Waals surface area contributed by atoms with Crippen molar-refractivity contribution in [3.05, 3.63) is 72.1 Å². The molecular formula is C20H13N5O. The number of hydrogen-bond donors (Lipinski definition) is 0. The van der Waals surface area contributed by atoms with E-state index in [-0.39, 0.29) is 0 Å². The van der Waals surface area contributed by atoms with Crippen LogP contribution in [0.3, 0.4) is 0 Å². The van der Waals surface area contributed by atoms with Crippen molar-refractivity contribution < 1.29 is 4.42 Å². The van der Waals surface area contributed by atoms with Gasteiger partial charge in [-0.3, -0.25) is 4.98 Å². The molecule has 4 rings (SSSR count). The molecule has 0 amide bonds. The van der Waals surface area contributed by atoms with Gasteiger partial charge in [0.2, 0.25) is 5.89 Å². The van der Waals surface area contributed by atoms with Gasteiger partial charge in [-0.25, -0.2) is 4.98 Å². The maximum atomic E-state index is 9.31. The first kappa shape index (κ1) is 15.7. The van der Waals surface area contributed by atoms with E-state index in [9.17, 15) is 5.26 Å². The Morgan fingerprint density at radius 2 is 1.65 bits per heavy atom. The van der Waals surface area contributed by atoms with Crippen LogP contribution in [-0.2, 0) is 0 Å². The highest BCUT2D eigenvalue weighted by atomic mass is 16.4. The lowest BCUT2D eigenvalue weighted by Crippen LogP contribution is -1.96. The SMILES string of the molecule is Cc1ncc(-c2ccccc2C#N)nc1-c1nnc(-c2ccccc2)o1. The average molecular weight is 339 g/mol. The number of nitrogens with zero attached hydrogens (tertiary/aromatic N) is 5. The summed E-state index contributed by atoms with van der Waals surface area (Å²) in [6, 6.07) is 19.0. The molecule has 4 aromatic rings. The molecule has 0 spiro atoms. The van der Waals surface area contributed by atoms with Crippen molar-refractivity contribution in [1.29, 1.82) is 5.26 Å². The Hall–Kier alpha value is -3.85. The third kappa shape index (κ3) is 2.82. The normalized spacial score (nSPS) is 10.5. The number of benzene rings is 2. The van der Waals surface area contributed by atoms with E-state index in [1.165, 1.54) is 0 Å². The highest BCUT2D eigenvalue weighted by Gasteiger charge is 2.16. The fourth-order valence-electron chi connectivity index (χ4n) is 2.60. The second-order valence-electron chi connectivity index (χ2n) is 5.63. The minimum absolute atomic E-state index is 0.296. The topological polar surface area (TPSA) is 88.5 Å². The van der Waals surface area contributed by atoms with Crippen molar-refractivity contribution in [2.24, 2.45) is 0 Å². The van der Waals surface area contributed by atoms with Crippen molar-refractivity contribution in [2.75, 3.05) is 0 Å². The van der Waals surface area contributed by atoms with Crippen LogP contribution < -0.4 is 0 Å². The zero-order valence-corrected chi connectivity index (χ0v) is 13.9. The van der Waals surface area contributed by atoms with Crippen LogP contribution in [0.2, 0.25) is 0 Å². The Morgan fingerprint density at radius 3 is 2.46 bits per heavy atom. The Labute approximate surface area is 149 Å². The second kappa shape index (κ2) is 6.57. The van der Waals surface area contributed by atoms with E-state index >= 15 is 0 Å². The number of rotatable bonds is 3. The maximum Gasteiger partial charge on any atom is 0.268 e. The van der Waals surface area contributed by atoms with Crippen LogP contribution in [0.5, 0.6) is 0 Å². The molecule has 0 aliphatic carbocycles. The quantitative estimate of drug-likeness (QED) is 0.559. The lowest BCUT2D eigenvalue weighted by molar-refractivity contribution is 0.581. The van der Waals surface area contributed by atoms with E-state index in [1.54, 1.807) is 12.3 Å². The van der Waals surface area contributed by atoms with E-state index in [2.05, 4.69) is 26.2 Å². The smallest absolute Gasteiger partial charge is 0.268 e. The monoisotopic (exact) mass is 339 g/mol. The van der Waals surface area contributed by atoms with Crippen LogP contribution >= 0.6 is 0 Å². The van der Waals surface area contributed by atoms with Crippen LogP contribution in [0.25, 0.3) is 34.3 Å². The van der Waals surface area contributed by atoms with Gasteiger partial charge in [0, 0.05) is 11.1 Å². The molecule has 0 saturated carbocycles. The minimum Gasteiger partial charge on any atom is -0.415 e. The largest absolute Gasteiger partial charge is 0.415 e. The van der Waals surface area contributed by atoms with Crippen LogP contribution in [-0.4, -0.2) is 20.2 Å². The van der Waals surface area contributed by atoms with Gasteiger partial charge in [0.15, 0.2) is 0 Å². The van der Waals surface area contributed by atoms with Crippen molar-refractivity contribution >= 4 is 0 Å². The van der Waals surface area contributed by atoms with Crippen LogP contribution in [0.15, 0.2) is 65.2 Å². The third-order valence-corrected chi connectivity index (χ3v) is 3.93. The standard InChI is InChI=1S/C20H13N5O/c1-13-18(20-25-24-19(26-20)14-7-3-2-4-8-14)23-17(12-22-13)16-10-6-5-9-15(16)11-21/h2-10,12H,1H3. The lowest BCUT2D eigenvalue weighted by Gasteiger charge is -2.06. The maximum absolute atomic E-state index is 9.31. The third-order valence-electron chi connectivity index (χ3n) is 3.93. The van der Waals surface area contributed by atoms with Gasteiger partial charge in [0.1, 0.15) is 5.69 Å². The van der Waals surface area contributed by atoms with Crippen molar-refractivity contribution in [3.8, 4) is 40.4 Å². The highest BCUT2D eigenvalue weighted by Crippen LogP contribution is 2.27. The molecule has 0 N–H and O–H groups in total. The first-order valence-electron chi connectivity index (χ1n) is 7.98. The number of hydrogen-bond acceptors (Lipinski definition) is 6. The number of aromatic nitrogens is 4. The minimum atomic E-state index is 0.296. The molecule has 6 heteroatoms. The van der Waals surface area contributed by atoms with Gasteiger partial charge >= 0.3 is 0 Å². The summed E-state index contributed by atoms with van der Waals surface area (Å²) in [5.41, 5.74) is 3.85. The first-order chi connectivity index (χ1) is 12.8. The van der Waals surface area contributed by atoms with Crippen LogP contribution in [0.4, 0.5) is 0 Å². The van der Waals surface area contributed by atoms with Crippen molar-refractivity contribution in [1.82, 2.24) is 20.2 Å². The molecule has 0 radical (unpaired) electrons. The molecule has 2 aromatic heterocycles. The summed E-state index contributed by atoms with van der Waals surface area (Å²) >= 11 is 0. The summed E-state index contributed by atoms with van der Waals surface area (Å²) in [4.78, 5) is 9.01. The molecule has 0 unspecified atom stereocenters. The average Bonchev–Trinajstić information content (AvgIpc) is 3.19. The van der Waals surface area contributed by atoms with Gasteiger partial charge in [-0.05, 0) is 25.1 Å². The predicted molar refractivity (Wildman–Crippen MR) is 95.6 cm³/mol. The van der Waals surface area contributed by atoms with Crippen molar-refractivity contribution in [3.63, 3.8) is 0 Å². The van der Waals surface area contributed by atoms with E-state index in [1.807, 2.05) is 55.5 Å². The molecule has 2 aromatic carbocycles. The Morgan fingerprint density at radius 1 is 0.923 bits per heavy atom. The summed E-state index contributed by atoms with van der Waals surface area (Å²) in [6.45, 7) is 1.83. The molecule has 0 aliphatic rings. The summed E-state index contributed by atoms with van der Waals surface area (Å²) < 4.78 is 5.79. The van der Waals surface area contributed by atoms with E-state index in [4.69, 9.17) is 4.42 Å². The Bertz CT molecular complexity index is 1110. The number of nitriles is 1. The summed E-state index contributed by atoms with van der Waals surface area (Å²) in [5.74, 6) is 0.717. The highest BCUT2D eigenvalue weighted by molar-refractivity contribution is 5.69. The van der Waals surface area contributed by atoms with Gasteiger partial charge in [-0.2, -0.15) is 5.26 Å². The zero-order chi connectivity index (χ0) is 17.9. The fourth-order valence-corrected chi connectivity index (χ4v) is 2.60. The molecule has 6 nitrogen and oxygen atoms in total. The van der Waals surface area contributed by atoms with E-state index in [0.29, 0.717) is 40.0 Å². The first-order valence-corrected chi connectivity index (χ1v) is 7.98. The summed E-state index contributed by atoms with van der Waals surface area (Å²) in [6.07, 6.45) is 1.64. The van der Waals surface area contributed by atoms with Crippen LogP contribution in [0.1, 0.15) is 11.3 Å². The molecule has 0 atom stereocenters. The molecule has 124 valence electrons.